The van der Waals surface area contributed by atoms with Gasteiger partial charge in [0, 0.05) is 19.0 Å². The molecule has 2 heterocycles. The van der Waals surface area contributed by atoms with E-state index in [0.717, 1.165) is 32.6 Å². The standard InChI is InChI=1S/C16H31N3O/c1-16(8-11-19(2)12-9-16)13-18-15(20)7-6-14-5-3-4-10-17-14/h14,17H,3-13H2,1-2H3,(H,18,20). The van der Waals surface area contributed by atoms with Crippen LogP contribution < -0.4 is 10.6 Å². The number of likely N-dealkylation sites (tertiary alicyclic amines) is 1. The Bertz CT molecular complexity index is 305. The zero-order chi connectivity index (χ0) is 14.4. The lowest BCUT2D eigenvalue weighted by Gasteiger charge is -2.38. The summed E-state index contributed by atoms with van der Waals surface area (Å²) in [6, 6.07) is 0.563. The first-order valence-electron chi connectivity index (χ1n) is 8.26. The van der Waals surface area contributed by atoms with Gasteiger partial charge in [-0.1, -0.05) is 13.3 Å². The molecule has 2 rings (SSSR count). The fraction of sp³-hybridized carbons (Fsp3) is 0.938. The Balaban J connectivity index is 1.62. The Morgan fingerprint density at radius 2 is 2.10 bits per heavy atom. The molecular weight excluding hydrogens is 250 g/mol. The minimum Gasteiger partial charge on any atom is -0.356 e. The number of carbonyl (C=O) groups excluding carboxylic acids is 1. The summed E-state index contributed by atoms with van der Waals surface area (Å²) in [7, 11) is 2.18. The zero-order valence-electron chi connectivity index (χ0n) is 13.2. The third-order valence-corrected chi connectivity index (χ3v) is 5.04. The van der Waals surface area contributed by atoms with E-state index in [1.54, 1.807) is 0 Å². The SMILES string of the molecule is CN1CCC(C)(CNC(=O)CCC2CCCCN2)CC1. The van der Waals surface area contributed by atoms with Crippen molar-refractivity contribution in [3.05, 3.63) is 0 Å². The molecule has 0 saturated carbocycles. The van der Waals surface area contributed by atoms with Crippen molar-refractivity contribution in [1.29, 1.82) is 0 Å². The largest absolute Gasteiger partial charge is 0.356 e. The van der Waals surface area contributed by atoms with Crippen molar-refractivity contribution in [3.63, 3.8) is 0 Å². The summed E-state index contributed by atoms with van der Waals surface area (Å²) in [6.45, 7) is 6.58. The van der Waals surface area contributed by atoms with E-state index in [-0.39, 0.29) is 5.91 Å². The maximum atomic E-state index is 12.0. The minimum atomic E-state index is 0.234. The van der Waals surface area contributed by atoms with E-state index in [2.05, 4.69) is 29.5 Å². The van der Waals surface area contributed by atoms with Crippen LogP contribution in [0.2, 0.25) is 0 Å². The summed E-state index contributed by atoms with van der Waals surface area (Å²) in [4.78, 5) is 14.4. The molecule has 4 nitrogen and oxygen atoms in total. The van der Waals surface area contributed by atoms with E-state index in [0.29, 0.717) is 17.9 Å². The molecule has 2 saturated heterocycles. The lowest BCUT2D eigenvalue weighted by molar-refractivity contribution is -0.122. The average molecular weight is 281 g/mol. The first kappa shape index (κ1) is 15.8. The topological polar surface area (TPSA) is 44.4 Å². The van der Waals surface area contributed by atoms with Gasteiger partial charge in [0.15, 0.2) is 0 Å². The first-order valence-corrected chi connectivity index (χ1v) is 8.26. The molecule has 0 aliphatic carbocycles. The van der Waals surface area contributed by atoms with Gasteiger partial charge in [0.2, 0.25) is 5.91 Å². The molecule has 2 aliphatic rings. The molecule has 1 atom stereocenters. The number of carbonyl (C=O) groups is 1. The lowest BCUT2D eigenvalue weighted by Crippen LogP contribution is -2.43. The van der Waals surface area contributed by atoms with Crippen LogP contribution in [-0.4, -0.2) is 50.1 Å². The van der Waals surface area contributed by atoms with Crippen molar-refractivity contribution in [2.75, 3.05) is 33.2 Å². The normalized spacial score (nSPS) is 27.2. The van der Waals surface area contributed by atoms with E-state index in [4.69, 9.17) is 0 Å². The van der Waals surface area contributed by atoms with Gasteiger partial charge in [-0.15, -0.1) is 0 Å². The van der Waals surface area contributed by atoms with Gasteiger partial charge in [-0.3, -0.25) is 4.79 Å². The maximum absolute atomic E-state index is 12.0. The minimum absolute atomic E-state index is 0.234. The van der Waals surface area contributed by atoms with Crippen molar-refractivity contribution in [1.82, 2.24) is 15.5 Å². The van der Waals surface area contributed by atoms with Gasteiger partial charge in [0.25, 0.3) is 0 Å². The Morgan fingerprint density at radius 3 is 2.75 bits per heavy atom. The molecule has 2 fully saturated rings. The number of nitrogens with zero attached hydrogens (tertiary/aromatic N) is 1. The smallest absolute Gasteiger partial charge is 0.220 e. The monoisotopic (exact) mass is 281 g/mol. The number of hydrogen-bond donors (Lipinski definition) is 2. The molecule has 4 heteroatoms. The third-order valence-electron chi connectivity index (χ3n) is 5.04. The van der Waals surface area contributed by atoms with Crippen LogP contribution in [0.5, 0.6) is 0 Å². The predicted octanol–water partition coefficient (Wildman–Crippen LogP) is 1.76. The molecule has 1 unspecified atom stereocenters. The quantitative estimate of drug-likeness (QED) is 0.807. The summed E-state index contributed by atoms with van der Waals surface area (Å²) < 4.78 is 0. The molecule has 0 aromatic heterocycles. The second kappa shape index (κ2) is 7.41. The van der Waals surface area contributed by atoms with Crippen molar-refractivity contribution >= 4 is 5.91 Å². The summed E-state index contributed by atoms with van der Waals surface area (Å²) >= 11 is 0. The molecule has 2 aliphatic heterocycles. The fourth-order valence-electron chi connectivity index (χ4n) is 3.21. The highest BCUT2D eigenvalue weighted by molar-refractivity contribution is 5.75. The van der Waals surface area contributed by atoms with E-state index in [9.17, 15) is 4.79 Å². The van der Waals surface area contributed by atoms with Gasteiger partial charge in [-0.2, -0.15) is 0 Å². The highest BCUT2D eigenvalue weighted by Gasteiger charge is 2.29. The van der Waals surface area contributed by atoms with Gasteiger partial charge in [-0.05, 0) is 64.2 Å². The van der Waals surface area contributed by atoms with Crippen LogP contribution in [0.4, 0.5) is 0 Å². The third kappa shape index (κ3) is 5.06. The number of rotatable bonds is 5. The Hall–Kier alpha value is -0.610. The predicted molar refractivity (Wildman–Crippen MR) is 82.7 cm³/mol. The second-order valence-corrected chi connectivity index (χ2v) is 7.08. The van der Waals surface area contributed by atoms with Crippen molar-refractivity contribution < 1.29 is 4.79 Å². The highest BCUT2D eigenvalue weighted by atomic mass is 16.1. The Labute approximate surface area is 123 Å². The highest BCUT2D eigenvalue weighted by Crippen LogP contribution is 2.29. The molecule has 2 N–H and O–H groups in total. The van der Waals surface area contributed by atoms with E-state index >= 15 is 0 Å². The lowest BCUT2D eigenvalue weighted by atomic mass is 9.80. The first-order chi connectivity index (χ1) is 9.57. The van der Waals surface area contributed by atoms with Gasteiger partial charge >= 0.3 is 0 Å². The Morgan fingerprint density at radius 1 is 1.35 bits per heavy atom. The van der Waals surface area contributed by atoms with E-state index in [1.807, 2.05) is 0 Å². The molecule has 0 bridgehead atoms. The fourth-order valence-corrected chi connectivity index (χ4v) is 3.21. The average Bonchev–Trinajstić information content (AvgIpc) is 2.48. The number of amides is 1. The molecule has 0 spiro atoms. The second-order valence-electron chi connectivity index (χ2n) is 7.08. The summed E-state index contributed by atoms with van der Waals surface area (Å²) in [5, 5.41) is 6.67. The van der Waals surface area contributed by atoms with Crippen LogP contribution in [0.1, 0.15) is 51.9 Å². The van der Waals surface area contributed by atoms with Gasteiger partial charge in [-0.25, -0.2) is 0 Å². The maximum Gasteiger partial charge on any atom is 0.220 e. The molecule has 0 radical (unpaired) electrons. The zero-order valence-corrected chi connectivity index (χ0v) is 13.2. The number of nitrogens with one attached hydrogen (secondary N) is 2. The van der Waals surface area contributed by atoms with Crippen LogP contribution in [0.3, 0.4) is 0 Å². The molecule has 1 amide bonds. The molecule has 0 aromatic rings. The van der Waals surface area contributed by atoms with E-state index in [1.165, 1.54) is 32.1 Å². The molecule has 20 heavy (non-hydrogen) atoms. The van der Waals surface area contributed by atoms with Crippen molar-refractivity contribution in [2.45, 2.75) is 57.9 Å². The summed E-state index contributed by atoms with van der Waals surface area (Å²) in [6.07, 6.45) is 7.87. The van der Waals surface area contributed by atoms with Crippen LogP contribution in [-0.2, 0) is 4.79 Å². The molecule has 0 aromatic carbocycles. The summed E-state index contributed by atoms with van der Waals surface area (Å²) in [5.74, 6) is 0.234. The van der Waals surface area contributed by atoms with Gasteiger partial charge < -0.3 is 15.5 Å². The van der Waals surface area contributed by atoms with Gasteiger partial charge in [0.05, 0.1) is 0 Å². The molecule has 116 valence electrons. The van der Waals surface area contributed by atoms with Crippen LogP contribution in [0.15, 0.2) is 0 Å². The summed E-state index contributed by atoms with van der Waals surface area (Å²) in [5.41, 5.74) is 0.297. The number of hydrogen-bond acceptors (Lipinski definition) is 3. The van der Waals surface area contributed by atoms with E-state index < -0.39 is 0 Å². The van der Waals surface area contributed by atoms with Crippen molar-refractivity contribution in [2.24, 2.45) is 5.41 Å². The van der Waals surface area contributed by atoms with Crippen molar-refractivity contribution in [3.8, 4) is 0 Å². The molecular formula is C16H31N3O. The number of piperidine rings is 2. The van der Waals surface area contributed by atoms with Crippen LogP contribution in [0.25, 0.3) is 0 Å². The van der Waals surface area contributed by atoms with Gasteiger partial charge in [0.1, 0.15) is 0 Å². The van der Waals surface area contributed by atoms with Crippen LogP contribution >= 0.6 is 0 Å². The Kier molecular flexibility index (Phi) is 5.85. The van der Waals surface area contributed by atoms with Crippen LogP contribution in [0, 0.1) is 5.41 Å².